The van der Waals surface area contributed by atoms with Crippen LogP contribution < -0.4 is 5.32 Å². The van der Waals surface area contributed by atoms with E-state index in [4.69, 9.17) is 5.11 Å². The quantitative estimate of drug-likeness (QED) is 0.700. The van der Waals surface area contributed by atoms with Gasteiger partial charge in [-0.25, -0.2) is 4.79 Å². The number of hydrogen-bond donors (Lipinski definition) is 2. The zero-order valence-electron chi connectivity index (χ0n) is 8.77. The van der Waals surface area contributed by atoms with Crippen LogP contribution in [-0.4, -0.2) is 41.1 Å². The highest BCUT2D eigenvalue weighted by Gasteiger charge is 2.38. The zero-order chi connectivity index (χ0) is 11.0. The number of aliphatic carboxylic acids is 1. The van der Waals surface area contributed by atoms with Crippen LogP contribution >= 0.6 is 0 Å². The Kier molecular flexibility index (Phi) is 2.54. The molecule has 0 aromatic carbocycles. The maximum atomic E-state index is 11.6. The lowest BCUT2D eigenvalue weighted by atomic mass is 9.99. The summed E-state index contributed by atoms with van der Waals surface area (Å²) in [6, 6.07) is 0.227. The lowest BCUT2D eigenvalue weighted by Crippen LogP contribution is -2.40. The van der Waals surface area contributed by atoms with Crippen LogP contribution in [0.2, 0.25) is 0 Å². The van der Waals surface area contributed by atoms with Gasteiger partial charge in [-0.1, -0.05) is 6.92 Å². The average molecular weight is 212 g/mol. The van der Waals surface area contributed by atoms with Gasteiger partial charge in [0.2, 0.25) is 0 Å². The van der Waals surface area contributed by atoms with Gasteiger partial charge in [0, 0.05) is 19.1 Å². The molecular formula is C10H16N2O3. The second kappa shape index (κ2) is 3.72. The molecule has 2 unspecified atom stereocenters. The molecule has 1 aliphatic heterocycles. The van der Waals surface area contributed by atoms with Gasteiger partial charge < -0.3 is 15.3 Å². The summed E-state index contributed by atoms with van der Waals surface area (Å²) in [6.07, 6.45) is 2.11. The summed E-state index contributed by atoms with van der Waals surface area (Å²) in [5.41, 5.74) is 0. The van der Waals surface area contributed by atoms with Gasteiger partial charge in [0.25, 0.3) is 0 Å². The maximum absolute atomic E-state index is 11.6. The number of carbonyl (C=O) groups is 2. The van der Waals surface area contributed by atoms with Gasteiger partial charge in [-0.15, -0.1) is 0 Å². The molecule has 15 heavy (non-hydrogen) atoms. The van der Waals surface area contributed by atoms with Gasteiger partial charge in [-0.3, -0.25) is 4.79 Å². The van der Waals surface area contributed by atoms with Gasteiger partial charge in [-0.2, -0.15) is 0 Å². The molecule has 0 aromatic rings. The summed E-state index contributed by atoms with van der Waals surface area (Å²) < 4.78 is 0. The Balaban J connectivity index is 1.89. The van der Waals surface area contributed by atoms with E-state index in [-0.39, 0.29) is 11.9 Å². The van der Waals surface area contributed by atoms with Crippen molar-refractivity contribution >= 4 is 12.0 Å². The number of carbonyl (C=O) groups excluding carboxylic acids is 1. The van der Waals surface area contributed by atoms with Crippen LogP contribution in [0, 0.1) is 11.8 Å². The number of likely N-dealkylation sites (tertiary alicyclic amines) is 1. The van der Waals surface area contributed by atoms with E-state index in [1.807, 2.05) is 6.92 Å². The predicted molar refractivity (Wildman–Crippen MR) is 53.4 cm³/mol. The number of nitrogens with zero attached hydrogens (tertiary/aromatic N) is 1. The van der Waals surface area contributed by atoms with E-state index in [0.29, 0.717) is 19.1 Å². The molecule has 2 fully saturated rings. The Morgan fingerprint density at radius 2 is 2.00 bits per heavy atom. The van der Waals surface area contributed by atoms with E-state index in [2.05, 4.69) is 5.32 Å². The molecule has 5 heteroatoms. The van der Waals surface area contributed by atoms with Gasteiger partial charge in [0.15, 0.2) is 0 Å². The molecule has 1 saturated heterocycles. The lowest BCUT2D eigenvalue weighted by Gasteiger charge is -2.16. The molecule has 2 amide bonds. The first-order valence-corrected chi connectivity index (χ1v) is 5.36. The van der Waals surface area contributed by atoms with Crippen molar-refractivity contribution in [2.24, 2.45) is 11.8 Å². The van der Waals surface area contributed by atoms with Crippen molar-refractivity contribution in [2.75, 3.05) is 13.1 Å². The first kappa shape index (κ1) is 10.3. The Morgan fingerprint density at radius 3 is 2.47 bits per heavy atom. The topological polar surface area (TPSA) is 69.6 Å². The molecule has 1 saturated carbocycles. The van der Waals surface area contributed by atoms with Gasteiger partial charge in [0.1, 0.15) is 0 Å². The smallest absolute Gasteiger partial charge is 0.317 e. The molecule has 2 N–H and O–H groups in total. The Labute approximate surface area is 88.4 Å². The van der Waals surface area contributed by atoms with E-state index in [1.165, 1.54) is 0 Å². The highest BCUT2D eigenvalue weighted by Crippen LogP contribution is 2.24. The van der Waals surface area contributed by atoms with Gasteiger partial charge >= 0.3 is 12.0 Å². The van der Waals surface area contributed by atoms with Crippen LogP contribution in [0.25, 0.3) is 0 Å². The Hall–Kier alpha value is -1.26. The van der Waals surface area contributed by atoms with Crippen LogP contribution in [0.4, 0.5) is 4.79 Å². The van der Waals surface area contributed by atoms with E-state index < -0.39 is 11.9 Å². The number of urea groups is 1. The molecule has 0 aromatic heterocycles. The van der Waals surface area contributed by atoms with Crippen LogP contribution in [0.5, 0.6) is 0 Å². The van der Waals surface area contributed by atoms with Crippen LogP contribution in [-0.2, 0) is 4.79 Å². The third kappa shape index (κ3) is 2.22. The monoisotopic (exact) mass is 212 g/mol. The van der Waals surface area contributed by atoms with E-state index >= 15 is 0 Å². The fourth-order valence-electron chi connectivity index (χ4n) is 1.95. The molecule has 84 valence electrons. The molecule has 0 radical (unpaired) electrons. The van der Waals surface area contributed by atoms with Gasteiger partial charge in [0.05, 0.1) is 5.92 Å². The number of carboxylic acid groups (broad SMARTS) is 1. The Bertz CT molecular complexity index is 288. The summed E-state index contributed by atoms with van der Waals surface area (Å²) in [4.78, 5) is 24.1. The molecule has 2 aliphatic rings. The molecule has 0 spiro atoms. The van der Waals surface area contributed by atoms with E-state index in [1.54, 1.807) is 4.90 Å². The van der Waals surface area contributed by atoms with Crippen molar-refractivity contribution in [1.82, 2.24) is 10.2 Å². The minimum Gasteiger partial charge on any atom is -0.481 e. The third-order valence-corrected chi connectivity index (χ3v) is 3.12. The minimum absolute atomic E-state index is 0.0486. The van der Waals surface area contributed by atoms with Crippen LogP contribution in [0.15, 0.2) is 0 Å². The van der Waals surface area contributed by atoms with Crippen molar-refractivity contribution in [3.8, 4) is 0 Å². The van der Waals surface area contributed by atoms with Crippen LogP contribution in [0.1, 0.15) is 19.8 Å². The SMILES string of the molecule is CC1CN(C(=O)NC2CC2)CC1C(=O)O. The Morgan fingerprint density at radius 1 is 1.33 bits per heavy atom. The minimum atomic E-state index is -0.802. The summed E-state index contributed by atoms with van der Waals surface area (Å²) >= 11 is 0. The largest absolute Gasteiger partial charge is 0.481 e. The van der Waals surface area contributed by atoms with Crippen molar-refractivity contribution in [2.45, 2.75) is 25.8 Å². The highest BCUT2D eigenvalue weighted by atomic mass is 16.4. The van der Waals surface area contributed by atoms with Crippen molar-refractivity contribution in [3.63, 3.8) is 0 Å². The fraction of sp³-hybridized carbons (Fsp3) is 0.800. The van der Waals surface area contributed by atoms with E-state index in [9.17, 15) is 9.59 Å². The number of rotatable bonds is 2. The molecule has 0 bridgehead atoms. The van der Waals surface area contributed by atoms with Crippen LogP contribution in [0.3, 0.4) is 0 Å². The first-order chi connectivity index (χ1) is 7.08. The van der Waals surface area contributed by atoms with Gasteiger partial charge in [-0.05, 0) is 18.8 Å². The molecule has 1 heterocycles. The second-order valence-corrected chi connectivity index (χ2v) is 4.55. The molecule has 5 nitrogen and oxygen atoms in total. The predicted octanol–water partition coefficient (Wildman–Crippen LogP) is 0.511. The van der Waals surface area contributed by atoms with Crippen molar-refractivity contribution in [3.05, 3.63) is 0 Å². The number of amides is 2. The normalized spacial score (nSPS) is 30.3. The zero-order valence-corrected chi connectivity index (χ0v) is 8.77. The summed E-state index contributed by atoms with van der Waals surface area (Å²) in [6.45, 7) is 2.77. The summed E-state index contributed by atoms with van der Waals surface area (Å²) in [7, 11) is 0. The maximum Gasteiger partial charge on any atom is 0.317 e. The van der Waals surface area contributed by atoms with E-state index in [0.717, 1.165) is 12.8 Å². The average Bonchev–Trinajstić information content (AvgIpc) is 2.86. The number of nitrogens with one attached hydrogen (secondary N) is 1. The second-order valence-electron chi connectivity index (χ2n) is 4.55. The van der Waals surface area contributed by atoms with Crippen molar-refractivity contribution in [1.29, 1.82) is 0 Å². The highest BCUT2D eigenvalue weighted by molar-refractivity contribution is 5.78. The molecular weight excluding hydrogens is 196 g/mol. The molecule has 2 rings (SSSR count). The number of carboxylic acids is 1. The summed E-state index contributed by atoms with van der Waals surface area (Å²) in [5, 5.41) is 11.8. The fourth-order valence-corrected chi connectivity index (χ4v) is 1.95. The lowest BCUT2D eigenvalue weighted by molar-refractivity contribution is -0.142. The molecule has 2 atom stereocenters. The standard InChI is InChI=1S/C10H16N2O3/c1-6-4-12(5-8(6)9(13)14)10(15)11-7-2-3-7/h6-8H,2-5H2,1H3,(H,11,15)(H,13,14). The first-order valence-electron chi connectivity index (χ1n) is 5.36. The summed E-state index contributed by atoms with van der Waals surface area (Å²) in [5.74, 6) is -1.16. The van der Waals surface area contributed by atoms with Crippen molar-refractivity contribution < 1.29 is 14.7 Å². The third-order valence-electron chi connectivity index (χ3n) is 3.12. The molecule has 1 aliphatic carbocycles. The number of hydrogen-bond acceptors (Lipinski definition) is 2.